The van der Waals surface area contributed by atoms with Crippen molar-refractivity contribution in [3.63, 3.8) is 0 Å². The molecule has 30 heavy (non-hydrogen) atoms. The van der Waals surface area contributed by atoms with Gasteiger partial charge in [-0.15, -0.1) is 0 Å². The number of nitrogens with one attached hydrogen (secondary N) is 1. The number of amides is 1. The highest BCUT2D eigenvalue weighted by atomic mass is 32.2. The molecule has 1 saturated heterocycles. The number of carbonyl (C=O) groups is 1. The van der Waals surface area contributed by atoms with Crippen molar-refractivity contribution in [2.24, 2.45) is 0 Å². The number of carbonyl (C=O) groups excluding carboxylic acids is 1. The first-order chi connectivity index (χ1) is 14.5. The maximum absolute atomic E-state index is 12.6. The minimum Gasteiger partial charge on any atom is -0.325 e. The van der Waals surface area contributed by atoms with Crippen LogP contribution < -0.4 is 5.32 Å². The highest BCUT2D eigenvalue weighted by Crippen LogP contribution is 2.25. The summed E-state index contributed by atoms with van der Waals surface area (Å²) in [5.74, 6) is 0.0572. The summed E-state index contributed by atoms with van der Waals surface area (Å²) >= 11 is 1.39. The normalized spacial score (nSPS) is 15.0. The van der Waals surface area contributed by atoms with Crippen molar-refractivity contribution in [1.29, 1.82) is 0 Å². The molecule has 1 aliphatic heterocycles. The minimum absolute atomic E-state index is 0.162. The molecule has 1 N–H and O–H groups in total. The van der Waals surface area contributed by atoms with E-state index in [2.05, 4.69) is 21.8 Å². The summed E-state index contributed by atoms with van der Waals surface area (Å²) in [6, 6.07) is 14.3. The number of hydrogen-bond donors (Lipinski definition) is 1. The molecule has 2 aromatic carbocycles. The monoisotopic (exact) mass is 444 g/mol. The zero-order valence-corrected chi connectivity index (χ0v) is 18.4. The Bertz CT molecular complexity index is 1150. The van der Waals surface area contributed by atoms with Crippen molar-refractivity contribution in [2.45, 2.75) is 36.4 Å². The number of anilines is 1. The minimum atomic E-state index is -3.45. The van der Waals surface area contributed by atoms with Gasteiger partial charge in [0.05, 0.1) is 21.7 Å². The van der Waals surface area contributed by atoms with Gasteiger partial charge in [-0.1, -0.05) is 23.9 Å². The van der Waals surface area contributed by atoms with Crippen LogP contribution in [-0.2, 0) is 21.4 Å². The largest absolute Gasteiger partial charge is 0.325 e. The molecule has 7 nitrogen and oxygen atoms in total. The lowest BCUT2D eigenvalue weighted by molar-refractivity contribution is -0.113. The summed E-state index contributed by atoms with van der Waals surface area (Å²) in [5.41, 5.74) is 2.54. The van der Waals surface area contributed by atoms with Crippen LogP contribution in [0.3, 0.4) is 0 Å². The lowest BCUT2D eigenvalue weighted by Crippen LogP contribution is -2.27. The molecule has 0 radical (unpaired) electrons. The molecule has 1 aliphatic rings. The summed E-state index contributed by atoms with van der Waals surface area (Å²) in [6.07, 6.45) is 1.80. The van der Waals surface area contributed by atoms with Gasteiger partial charge in [-0.3, -0.25) is 4.79 Å². The number of fused-ring (bicyclic) bond motifs is 1. The van der Waals surface area contributed by atoms with Gasteiger partial charge in [0.15, 0.2) is 5.16 Å². The van der Waals surface area contributed by atoms with Crippen LogP contribution in [0.25, 0.3) is 11.0 Å². The third-order valence-corrected chi connectivity index (χ3v) is 8.00. The van der Waals surface area contributed by atoms with Gasteiger partial charge < -0.3 is 9.88 Å². The Morgan fingerprint density at radius 1 is 1.10 bits per heavy atom. The lowest BCUT2D eigenvalue weighted by atomic mass is 10.3. The third kappa shape index (κ3) is 4.23. The average Bonchev–Trinajstić information content (AvgIpc) is 3.41. The second-order valence-corrected chi connectivity index (χ2v) is 9.98. The molecule has 9 heteroatoms. The second kappa shape index (κ2) is 8.79. The molecule has 0 unspecified atom stereocenters. The third-order valence-electron chi connectivity index (χ3n) is 5.11. The molecule has 1 aromatic heterocycles. The number of thioether (sulfide) groups is 1. The Hall–Kier alpha value is -2.36. The zero-order valence-electron chi connectivity index (χ0n) is 16.7. The van der Waals surface area contributed by atoms with Crippen LogP contribution in [0.15, 0.2) is 58.6 Å². The van der Waals surface area contributed by atoms with Crippen LogP contribution in [0.5, 0.6) is 0 Å². The van der Waals surface area contributed by atoms with Gasteiger partial charge in [0.2, 0.25) is 15.9 Å². The van der Waals surface area contributed by atoms with E-state index in [1.54, 1.807) is 24.3 Å². The summed E-state index contributed by atoms with van der Waals surface area (Å²) in [6.45, 7) is 3.97. The van der Waals surface area contributed by atoms with Gasteiger partial charge in [0.1, 0.15) is 0 Å². The summed E-state index contributed by atoms with van der Waals surface area (Å²) in [5, 5.41) is 3.63. The predicted octanol–water partition coefficient (Wildman–Crippen LogP) is 3.57. The van der Waals surface area contributed by atoms with E-state index in [0.29, 0.717) is 18.8 Å². The van der Waals surface area contributed by atoms with Crippen molar-refractivity contribution >= 4 is 44.4 Å². The molecule has 4 rings (SSSR count). The van der Waals surface area contributed by atoms with E-state index in [1.165, 1.54) is 16.1 Å². The van der Waals surface area contributed by atoms with E-state index in [-0.39, 0.29) is 16.6 Å². The summed E-state index contributed by atoms with van der Waals surface area (Å²) in [4.78, 5) is 17.3. The number of para-hydroxylation sites is 2. The maximum Gasteiger partial charge on any atom is 0.243 e. The van der Waals surface area contributed by atoms with E-state index in [4.69, 9.17) is 0 Å². The van der Waals surface area contributed by atoms with Crippen LogP contribution in [-0.4, -0.2) is 47.0 Å². The number of imidazole rings is 1. The van der Waals surface area contributed by atoms with Gasteiger partial charge in [-0.25, -0.2) is 13.4 Å². The Morgan fingerprint density at radius 3 is 2.50 bits per heavy atom. The van der Waals surface area contributed by atoms with Crippen molar-refractivity contribution < 1.29 is 13.2 Å². The second-order valence-electron chi connectivity index (χ2n) is 7.10. The molecular formula is C21H24N4O3S2. The fraction of sp³-hybridized carbons (Fsp3) is 0.333. The number of rotatable bonds is 7. The highest BCUT2D eigenvalue weighted by molar-refractivity contribution is 7.99. The number of aromatic nitrogens is 2. The van der Waals surface area contributed by atoms with Gasteiger partial charge in [0, 0.05) is 25.3 Å². The zero-order chi connectivity index (χ0) is 21.1. The van der Waals surface area contributed by atoms with Gasteiger partial charge in [0.25, 0.3) is 0 Å². The van der Waals surface area contributed by atoms with Crippen LogP contribution in [0, 0.1) is 0 Å². The first kappa shape index (κ1) is 20.9. The van der Waals surface area contributed by atoms with Crippen LogP contribution in [0.1, 0.15) is 19.8 Å². The molecule has 1 fully saturated rings. The van der Waals surface area contributed by atoms with E-state index in [9.17, 15) is 13.2 Å². The highest BCUT2D eigenvalue weighted by Gasteiger charge is 2.26. The number of aryl methyl sites for hydroxylation is 1. The first-order valence-electron chi connectivity index (χ1n) is 9.97. The van der Waals surface area contributed by atoms with Gasteiger partial charge >= 0.3 is 0 Å². The quantitative estimate of drug-likeness (QED) is 0.563. The molecule has 3 aromatic rings. The number of sulfonamides is 1. The Kier molecular flexibility index (Phi) is 6.12. The van der Waals surface area contributed by atoms with E-state index in [0.717, 1.165) is 35.6 Å². The molecule has 158 valence electrons. The average molecular weight is 445 g/mol. The molecule has 0 spiro atoms. The van der Waals surface area contributed by atoms with Crippen LogP contribution in [0.4, 0.5) is 5.69 Å². The topological polar surface area (TPSA) is 84.3 Å². The summed E-state index contributed by atoms with van der Waals surface area (Å²) in [7, 11) is -3.45. The maximum atomic E-state index is 12.6. The van der Waals surface area contributed by atoms with Crippen molar-refractivity contribution in [3.8, 4) is 0 Å². The van der Waals surface area contributed by atoms with Crippen molar-refractivity contribution in [2.75, 3.05) is 24.2 Å². The smallest absolute Gasteiger partial charge is 0.243 e. The van der Waals surface area contributed by atoms with Crippen LogP contribution >= 0.6 is 11.8 Å². The van der Waals surface area contributed by atoms with Crippen LogP contribution in [0.2, 0.25) is 0 Å². The van der Waals surface area contributed by atoms with E-state index >= 15 is 0 Å². The molecular weight excluding hydrogens is 420 g/mol. The van der Waals surface area contributed by atoms with Gasteiger partial charge in [-0.05, 0) is 56.2 Å². The summed E-state index contributed by atoms with van der Waals surface area (Å²) < 4.78 is 28.8. The molecule has 2 heterocycles. The molecule has 0 bridgehead atoms. The molecule has 1 amide bonds. The molecule has 0 saturated carbocycles. The Morgan fingerprint density at radius 2 is 1.80 bits per heavy atom. The van der Waals surface area contributed by atoms with E-state index < -0.39 is 10.0 Å². The van der Waals surface area contributed by atoms with Crippen molar-refractivity contribution in [3.05, 3.63) is 48.5 Å². The number of hydrogen-bond acceptors (Lipinski definition) is 5. The molecule has 0 atom stereocenters. The predicted molar refractivity (Wildman–Crippen MR) is 119 cm³/mol. The van der Waals surface area contributed by atoms with E-state index in [1.807, 2.05) is 24.3 Å². The van der Waals surface area contributed by atoms with Gasteiger partial charge in [-0.2, -0.15) is 4.31 Å². The SMILES string of the molecule is CCn1c(SCC(=O)Nc2ccc(S(=O)(=O)N3CCCC3)cc2)nc2ccccc21. The first-order valence-corrected chi connectivity index (χ1v) is 12.4. The Balaban J connectivity index is 1.39. The fourth-order valence-corrected chi connectivity index (χ4v) is 5.98. The lowest BCUT2D eigenvalue weighted by Gasteiger charge is -2.15. The fourth-order valence-electron chi connectivity index (χ4n) is 3.58. The van der Waals surface area contributed by atoms with Crippen molar-refractivity contribution in [1.82, 2.24) is 13.9 Å². The number of benzene rings is 2. The number of nitrogens with zero attached hydrogens (tertiary/aromatic N) is 3. The molecule has 0 aliphatic carbocycles. The standard InChI is InChI=1S/C21H24N4O3S2/c1-2-25-19-8-4-3-7-18(19)23-21(25)29-15-20(26)22-16-9-11-17(12-10-16)30(27,28)24-13-5-6-14-24/h3-4,7-12H,2,5-6,13-15H2,1H3,(H,22,26). The Labute approximate surface area is 180 Å².